The first-order chi connectivity index (χ1) is 21.4. The molecule has 1 heterocycles. The van der Waals surface area contributed by atoms with E-state index in [0.717, 1.165) is 28.3 Å². The van der Waals surface area contributed by atoms with Gasteiger partial charge in [0.05, 0.1) is 5.56 Å². The van der Waals surface area contributed by atoms with Gasteiger partial charge in [-0.05, 0) is 41.0 Å². The average molecular weight is 595 g/mol. The van der Waals surface area contributed by atoms with Crippen LogP contribution in [0.5, 0.6) is 17.2 Å². The third kappa shape index (κ3) is 7.06. The lowest BCUT2D eigenvalue weighted by atomic mass is 10.0. The van der Waals surface area contributed by atoms with Crippen LogP contribution in [-0.4, -0.2) is 0 Å². The largest absolute Gasteiger partial charge is 0.489 e. The summed E-state index contributed by atoms with van der Waals surface area (Å²) in [5.74, 6) is 1.47. The summed E-state index contributed by atoms with van der Waals surface area (Å²) in [6.45, 7) is 0.612. The summed E-state index contributed by atoms with van der Waals surface area (Å²) in [5, 5.41) is 0. The van der Waals surface area contributed by atoms with Crippen LogP contribution in [-0.2, 0) is 37.2 Å². The number of ether oxygens (including phenoxy) is 4. The minimum Gasteiger partial charge on any atom is -0.489 e. The van der Waals surface area contributed by atoms with Gasteiger partial charge in [-0.15, -0.1) is 0 Å². The minimum absolute atomic E-state index is 0.00698. The molecule has 0 atom stereocenters. The zero-order chi connectivity index (χ0) is 30.4. The predicted molar refractivity (Wildman–Crippen MR) is 162 cm³/mol. The average Bonchev–Trinajstić information content (AvgIpc) is 3.06. The maximum absolute atomic E-state index is 14.3. The van der Waals surface area contributed by atoms with E-state index < -0.39 is 11.7 Å². The fourth-order valence-corrected chi connectivity index (χ4v) is 4.86. The molecule has 1 aliphatic heterocycles. The molecule has 5 aromatic rings. The summed E-state index contributed by atoms with van der Waals surface area (Å²) < 4.78 is 67.1. The monoisotopic (exact) mass is 594 g/mol. The summed E-state index contributed by atoms with van der Waals surface area (Å²) in [6, 6.07) is 37.8. The molecule has 44 heavy (non-hydrogen) atoms. The van der Waals surface area contributed by atoms with E-state index in [9.17, 15) is 13.2 Å². The van der Waals surface area contributed by atoms with E-state index in [2.05, 4.69) is 0 Å². The number of alkyl halides is 3. The lowest BCUT2D eigenvalue weighted by Gasteiger charge is -2.25. The summed E-state index contributed by atoms with van der Waals surface area (Å²) in [5.41, 5.74) is 2.88. The number of benzene rings is 5. The molecule has 1 aliphatic rings. The fourth-order valence-electron chi connectivity index (χ4n) is 4.86. The van der Waals surface area contributed by atoms with Crippen LogP contribution in [0.25, 0.3) is 5.76 Å². The van der Waals surface area contributed by atoms with Crippen molar-refractivity contribution in [3.63, 3.8) is 0 Å². The van der Waals surface area contributed by atoms with Gasteiger partial charge in [-0.3, -0.25) is 0 Å². The van der Waals surface area contributed by atoms with Crippen molar-refractivity contribution in [1.82, 2.24) is 0 Å². The van der Waals surface area contributed by atoms with Crippen LogP contribution in [0.15, 0.2) is 133 Å². The van der Waals surface area contributed by atoms with E-state index in [1.165, 1.54) is 6.07 Å². The highest BCUT2D eigenvalue weighted by atomic mass is 19.4. The molecule has 222 valence electrons. The van der Waals surface area contributed by atoms with Crippen LogP contribution in [0.1, 0.15) is 33.4 Å². The maximum Gasteiger partial charge on any atom is 0.419 e. The van der Waals surface area contributed by atoms with Gasteiger partial charge in [0.15, 0.2) is 5.76 Å². The summed E-state index contributed by atoms with van der Waals surface area (Å²) >= 11 is 0. The Morgan fingerprint density at radius 1 is 0.591 bits per heavy atom. The Morgan fingerprint density at radius 3 is 1.75 bits per heavy atom. The first-order valence-electron chi connectivity index (χ1n) is 14.2. The van der Waals surface area contributed by atoms with E-state index in [1.807, 2.05) is 91.0 Å². The Kier molecular flexibility index (Phi) is 8.55. The lowest BCUT2D eigenvalue weighted by molar-refractivity contribution is -0.139. The van der Waals surface area contributed by atoms with Crippen molar-refractivity contribution in [2.24, 2.45) is 0 Å². The Balaban J connectivity index is 1.31. The van der Waals surface area contributed by atoms with Gasteiger partial charge in [0.25, 0.3) is 0 Å². The van der Waals surface area contributed by atoms with Crippen molar-refractivity contribution in [1.29, 1.82) is 0 Å². The molecule has 0 radical (unpaired) electrons. The quantitative estimate of drug-likeness (QED) is 0.161. The van der Waals surface area contributed by atoms with Crippen molar-refractivity contribution in [3.05, 3.63) is 167 Å². The first kappa shape index (κ1) is 28.9. The Hall–Kier alpha value is -5.17. The van der Waals surface area contributed by atoms with Gasteiger partial charge >= 0.3 is 6.18 Å². The highest BCUT2D eigenvalue weighted by Crippen LogP contribution is 2.42. The molecule has 6 rings (SSSR count). The number of hydrogen-bond acceptors (Lipinski definition) is 4. The molecule has 4 nitrogen and oxygen atoms in total. The van der Waals surface area contributed by atoms with Crippen LogP contribution in [0.3, 0.4) is 0 Å². The minimum atomic E-state index is -4.65. The molecule has 0 spiro atoms. The standard InChI is InChI=1S/C37H29F3O4/c38-37(39,40)32-20-30(17-19-33(32)42-24-27-12-6-2-7-13-27)36-35(43-25-28-14-8-3-9-15-28)21-29-16-18-31(22-34(29)44-36)41-23-26-10-4-1-5-11-26/h1-20,22H,21,23-25H2. The smallest absolute Gasteiger partial charge is 0.419 e. The van der Waals surface area contributed by atoms with Crippen molar-refractivity contribution >= 4 is 5.76 Å². The van der Waals surface area contributed by atoms with Gasteiger partial charge in [0.2, 0.25) is 0 Å². The van der Waals surface area contributed by atoms with Crippen molar-refractivity contribution in [2.75, 3.05) is 0 Å². The van der Waals surface area contributed by atoms with E-state index in [4.69, 9.17) is 18.9 Å². The molecule has 0 amide bonds. The third-order valence-corrected chi connectivity index (χ3v) is 7.14. The van der Waals surface area contributed by atoms with Crippen LogP contribution in [0, 0.1) is 0 Å². The van der Waals surface area contributed by atoms with Crippen LogP contribution >= 0.6 is 0 Å². The Morgan fingerprint density at radius 2 is 1.16 bits per heavy atom. The van der Waals surface area contributed by atoms with Gasteiger partial charge in [-0.25, -0.2) is 0 Å². The molecular weight excluding hydrogens is 565 g/mol. The molecule has 0 aliphatic carbocycles. The predicted octanol–water partition coefficient (Wildman–Crippen LogP) is 9.38. The zero-order valence-electron chi connectivity index (χ0n) is 23.7. The fraction of sp³-hybridized carbons (Fsp3) is 0.135. The van der Waals surface area contributed by atoms with Crippen molar-refractivity contribution in [3.8, 4) is 17.2 Å². The van der Waals surface area contributed by atoms with Gasteiger partial charge in [-0.2, -0.15) is 13.2 Å². The van der Waals surface area contributed by atoms with Gasteiger partial charge < -0.3 is 18.9 Å². The number of halogens is 3. The Bertz CT molecular complexity index is 1730. The lowest BCUT2D eigenvalue weighted by Crippen LogP contribution is -2.14. The normalized spacial score (nSPS) is 12.7. The molecule has 0 saturated heterocycles. The molecule has 0 N–H and O–H groups in total. The molecule has 0 aromatic heterocycles. The molecule has 0 bridgehead atoms. The number of rotatable bonds is 10. The van der Waals surface area contributed by atoms with Gasteiger partial charge in [0.1, 0.15) is 42.8 Å². The van der Waals surface area contributed by atoms with Crippen LogP contribution < -0.4 is 14.2 Å². The third-order valence-electron chi connectivity index (χ3n) is 7.14. The van der Waals surface area contributed by atoms with E-state index in [1.54, 1.807) is 24.3 Å². The number of fused-ring (bicyclic) bond motifs is 1. The highest BCUT2D eigenvalue weighted by molar-refractivity contribution is 5.69. The van der Waals surface area contributed by atoms with Crippen molar-refractivity contribution < 1.29 is 32.1 Å². The Labute approximate surface area is 253 Å². The van der Waals surface area contributed by atoms with E-state index in [0.29, 0.717) is 30.3 Å². The number of hydrogen-bond donors (Lipinski definition) is 0. The van der Waals surface area contributed by atoms with E-state index in [-0.39, 0.29) is 30.3 Å². The molecule has 0 fully saturated rings. The van der Waals surface area contributed by atoms with Crippen LogP contribution in [0.4, 0.5) is 13.2 Å². The number of allylic oxidation sites excluding steroid dienone is 1. The molecular formula is C37H29F3O4. The van der Waals surface area contributed by atoms with Crippen LogP contribution in [0.2, 0.25) is 0 Å². The second-order valence-electron chi connectivity index (χ2n) is 10.3. The van der Waals surface area contributed by atoms with E-state index >= 15 is 0 Å². The molecule has 5 aromatic carbocycles. The van der Waals surface area contributed by atoms with Gasteiger partial charge in [0, 0.05) is 23.6 Å². The first-order valence-corrected chi connectivity index (χ1v) is 14.2. The van der Waals surface area contributed by atoms with Crippen molar-refractivity contribution in [2.45, 2.75) is 32.4 Å². The molecule has 7 heteroatoms. The summed E-state index contributed by atoms with van der Waals surface area (Å²) in [7, 11) is 0. The van der Waals surface area contributed by atoms with Gasteiger partial charge in [-0.1, -0.05) is 97.1 Å². The highest BCUT2D eigenvalue weighted by Gasteiger charge is 2.36. The second kappa shape index (κ2) is 13.0. The summed E-state index contributed by atoms with van der Waals surface area (Å²) in [4.78, 5) is 0. The summed E-state index contributed by atoms with van der Waals surface area (Å²) in [6.07, 6.45) is -4.32. The molecule has 0 saturated carbocycles. The maximum atomic E-state index is 14.3. The SMILES string of the molecule is FC(F)(F)c1cc(C2=C(OCc3ccccc3)Cc3ccc(OCc4ccccc4)cc3O2)ccc1OCc1ccccc1. The zero-order valence-corrected chi connectivity index (χ0v) is 23.7. The topological polar surface area (TPSA) is 36.9 Å². The second-order valence-corrected chi connectivity index (χ2v) is 10.3. The molecule has 0 unspecified atom stereocenters.